The Morgan fingerprint density at radius 2 is 1.73 bits per heavy atom. The molecule has 0 bridgehead atoms. The highest BCUT2D eigenvalue weighted by molar-refractivity contribution is 5.77. The van der Waals surface area contributed by atoms with Crippen LogP contribution in [0.4, 0.5) is 0 Å². The van der Waals surface area contributed by atoms with Crippen LogP contribution in [0.25, 0.3) is 0 Å². The highest BCUT2D eigenvalue weighted by atomic mass is 16.2. The van der Waals surface area contributed by atoms with E-state index in [1.54, 1.807) is 0 Å². The van der Waals surface area contributed by atoms with Gasteiger partial charge in [-0.25, -0.2) is 0 Å². The summed E-state index contributed by atoms with van der Waals surface area (Å²) >= 11 is 0. The third-order valence-corrected chi connectivity index (χ3v) is 5.89. The standard InChI is InChI=1S/C21H34N4O/c1-3-18-5-7-19(8-6-18)20-17-22-10-12-25(20)21(26)9-11-24-15-13-23(4-2)14-16-24/h5-8,20,22H,3-4,9-17H2,1-2H3. The number of piperazine rings is 2. The maximum Gasteiger partial charge on any atom is 0.224 e. The molecule has 0 saturated carbocycles. The SMILES string of the molecule is CCc1ccc(C2CNCCN2C(=O)CCN2CCN(CC)CC2)cc1. The molecule has 5 nitrogen and oxygen atoms in total. The van der Waals surface area contributed by atoms with Gasteiger partial charge in [0, 0.05) is 58.8 Å². The molecule has 5 heteroatoms. The van der Waals surface area contributed by atoms with Gasteiger partial charge in [-0.3, -0.25) is 4.79 Å². The highest BCUT2D eigenvalue weighted by Gasteiger charge is 2.28. The fourth-order valence-corrected chi connectivity index (χ4v) is 4.00. The van der Waals surface area contributed by atoms with Crippen LogP contribution < -0.4 is 5.32 Å². The molecule has 144 valence electrons. The van der Waals surface area contributed by atoms with Crippen LogP contribution in [-0.4, -0.2) is 79.5 Å². The van der Waals surface area contributed by atoms with E-state index >= 15 is 0 Å². The second-order valence-corrected chi connectivity index (χ2v) is 7.43. The summed E-state index contributed by atoms with van der Waals surface area (Å²) in [6, 6.07) is 8.94. The monoisotopic (exact) mass is 358 g/mol. The van der Waals surface area contributed by atoms with Gasteiger partial charge in [-0.2, -0.15) is 0 Å². The van der Waals surface area contributed by atoms with Crippen LogP contribution >= 0.6 is 0 Å². The number of benzene rings is 1. The Morgan fingerprint density at radius 3 is 2.38 bits per heavy atom. The van der Waals surface area contributed by atoms with Gasteiger partial charge in [0.05, 0.1) is 6.04 Å². The number of amides is 1. The van der Waals surface area contributed by atoms with Gasteiger partial charge >= 0.3 is 0 Å². The molecule has 2 aliphatic rings. The van der Waals surface area contributed by atoms with Crippen LogP contribution in [0.1, 0.15) is 37.4 Å². The Hall–Kier alpha value is -1.43. The van der Waals surface area contributed by atoms with Crippen LogP contribution in [0.5, 0.6) is 0 Å². The summed E-state index contributed by atoms with van der Waals surface area (Å²) in [4.78, 5) is 19.9. The van der Waals surface area contributed by atoms with Crippen molar-refractivity contribution in [3.63, 3.8) is 0 Å². The third-order valence-electron chi connectivity index (χ3n) is 5.89. The van der Waals surface area contributed by atoms with Crippen LogP contribution in [0, 0.1) is 0 Å². The molecule has 3 rings (SSSR count). The zero-order valence-corrected chi connectivity index (χ0v) is 16.4. The number of nitrogens with one attached hydrogen (secondary N) is 1. The number of carbonyl (C=O) groups excluding carboxylic acids is 1. The second-order valence-electron chi connectivity index (χ2n) is 7.43. The first-order valence-electron chi connectivity index (χ1n) is 10.2. The fraction of sp³-hybridized carbons (Fsp3) is 0.667. The van der Waals surface area contributed by atoms with Crippen molar-refractivity contribution in [3.05, 3.63) is 35.4 Å². The van der Waals surface area contributed by atoms with Crippen LogP contribution in [0.15, 0.2) is 24.3 Å². The van der Waals surface area contributed by atoms with Crippen LogP contribution in [0.2, 0.25) is 0 Å². The Morgan fingerprint density at radius 1 is 1.04 bits per heavy atom. The summed E-state index contributed by atoms with van der Waals surface area (Å²) in [6.07, 6.45) is 1.69. The van der Waals surface area contributed by atoms with Gasteiger partial charge in [0.1, 0.15) is 0 Å². The van der Waals surface area contributed by atoms with Crippen molar-refractivity contribution >= 4 is 5.91 Å². The van der Waals surface area contributed by atoms with Gasteiger partial charge in [0.25, 0.3) is 0 Å². The second kappa shape index (κ2) is 9.49. The van der Waals surface area contributed by atoms with E-state index in [1.807, 2.05) is 0 Å². The van der Waals surface area contributed by atoms with Crippen molar-refractivity contribution in [2.75, 3.05) is 58.9 Å². The summed E-state index contributed by atoms with van der Waals surface area (Å²) in [5.74, 6) is 0.300. The smallest absolute Gasteiger partial charge is 0.224 e. The van der Waals surface area contributed by atoms with Crippen molar-refractivity contribution in [2.24, 2.45) is 0 Å². The van der Waals surface area contributed by atoms with Gasteiger partial charge in [-0.05, 0) is 24.1 Å². The van der Waals surface area contributed by atoms with Crippen molar-refractivity contribution in [1.82, 2.24) is 20.0 Å². The largest absolute Gasteiger partial charge is 0.333 e. The van der Waals surface area contributed by atoms with Crippen molar-refractivity contribution in [1.29, 1.82) is 0 Å². The molecule has 1 unspecified atom stereocenters. The van der Waals surface area contributed by atoms with Crippen LogP contribution in [0.3, 0.4) is 0 Å². The van der Waals surface area contributed by atoms with E-state index in [9.17, 15) is 4.79 Å². The molecule has 1 N–H and O–H groups in total. The van der Waals surface area contributed by atoms with E-state index in [0.717, 1.165) is 65.3 Å². The van der Waals surface area contributed by atoms with Gasteiger partial charge in [0.15, 0.2) is 0 Å². The number of aryl methyl sites for hydroxylation is 1. The molecule has 1 amide bonds. The summed E-state index contributed by atoms with van der Waals surface area (Å²) in [6.45, 7) is 13.4. The van der Waals surface area contributed by atoms with Gasteiger partial charge in [0.2, 0.25) is 5.91 Å². The average molecular weight is 359 g/mol. The molecule has 0 aromatic heterocycles. The summed E-state index contributed by atoms with van der Waals surface area (Å²) in [5.41, 5.74) is 2.60. The quantitative estimate of drug-likeness (QED) is 0.841. The molecule has 0 spiro atoms. The van der Waals surface area contributed by atoms with E-state index < -0.39 is 0 Å². The Bertz CT molecular complexity index is 566. The molecular formula is C21H34N4O. The summed E-state index contributed by atoms with van der Waals surface area (Å²) in [5, 5.41) is 3.45. The predicted octanol–water partition coefficient (Wildman–Crippen LogP) is 1.75. The van der Waals surface area contributed by atoms with Crippen molar-refractivity contribution in [2.45, 2.75) is 32.7 Å². The summed E-state index contributed by atoms with van der Waals surface area (Å²) in [7, 11) is 0. The molecule has 1 aromatic carbocycles. The zero-order valence-electron chi connectivity index (χ0n) is 16.4. The van der Waals surface area contributed by atoms with Gasteiger partial charge in [-0.1, -0.05) is 38.1 Å². The molecule has 2 aliphatic heterocycles. The number of hydrogen-bond donors (Lipinski definition) is 1. The molecule has 2 saturated heterocycles. The van der Waals surface area contributed by atoms with E-state index in [0.29, 0.717) is 12.3 Å². The predicted molar refractivity (Wildman–Crippen MR) is 106 cm³/mol. The minimum Gasteiger partial charge on any atom is -0.333 e. The van der Waals surface area contributed by atoms with E-state index in [-0.39, 0.29) is 6.04 Å². The first-order chi connectivity index (χ1) is 12.7. The molecule has 1 atom stereocenters. The van der Waals surface area contributed by atoms with Gasteiger partial charge in [-0.15, -0.1) is 0 Å². The molecule has 0 aliphatic carbocycles. The number of hydrogen-bond acceptors (Lipinski definition) is 4. The molecule has 26 heavy (non-hydrogen) atoms. The number of likely N-dealkylation sites (N-methyl/N-ethyl adjacent to an activating group) is 1. The lowest BCUT2D eigenvalue weighted by Crippen LogP contribution is -2.50. The van der Waals surface area contributed by atoms with E-state index in [2.05, 4.69) is 58.1 Å². The Labute approximate surface area is 158 Å². The first kappa shape index (κ1) is 19.3. The lowest BCUT2D eigenvalue weighted by molar-refractivity contribution is -0.135. The maximum atomic E-state index is 12.9. The maximum absolute atomic E-state index is 12.9. The zero-order chi connectivity index (χ0) is 18.4. The third kappa shape index (κ3) is 4.84. The Balaban J connectivity index is 1.55. The Kier molecular flexibility index (Phi) is 7.06. The fourth-order valence-electron chi connectivity index (χ4n) is 4.00. The van der Waals surface area contributed by atoms with Crippen molar-refractivity contribution < 1.29 is 4.79 Å². The minimum absolute atomic E-state index is 0.166. The lowest BCUT2D eigenvalue weighted by Gasteiger charge is -2.38. The van der Waals surface area contributed by atoms with Gasteiger partial charge < -0.3 is 20.0 Å². The summed E-state index contributed by atoms with van der Waals surface area (Å²) < 4.78 is 0. The first-order valence-corrected chi connectivity index (χ1v) is 10.2. The lowest BCUT2D eigenvalue weighted by atomic mass is 10.0. The number of rotatable bonds is 6. The van der Waals surface area contributed by atoms with Crippen molar-refractivity contribution in [3.8, 4) is 0 Å². The molecule has 2 fully saturated rings. The van der Waals surface area contributed by atoms with E-state index in [4.69, 9.17) is 0 Å². The van der Waals surface area contributed by atoms with Crippen LogP contribution in [-0.2, 0) is 11.2 Å². The molecule has 0 radical (unpaired) electrons. The highest BCUT2D eigenvalue weighted by Crippen LogP contribution is 2.23. The minimum atomic E-state index is 0.166. The topological polar surface area (TPSA) is 38.8 Å². The normalized spacial score (nSPS) is 22.5. The molecule has 1 aromatic rings. The number of nitrogens with zero attached hydrogens (tertiary/aromatic N) is 3. The molecular weight excluding hydrogens is 324 g/mol. The average Bonchev–Trinajstić information content (AvgIpc) is 2.72. The molecule has 2 heterocycles. The van der Waals surface area contributed by atoms with E-state index in [1.165, 1.54) is 11.1 Å². The number of carbonyl (C=O) groups is 1.